The van der Waals surface area contributed by atoms with E-state index in [0.29, 0.717) is 12.3 Å². The summed E-state index contributed by atoms with van der Waals surface area (Å²) in [4.78, 5) is 17.8. The van der Waals surface area contributed by atoms with E-state index in [1.807, 2.05) is 0 Å². The Balaban J connectivity index is 1.77. The summed E-state index contributed by atoms with van der Waals surface area (Å²) in [5, 5.41) is 21.1. The summed E-state index contributed by atoms with van der Waals surface area (Å²) in [7, 11) is 0. The van der Waals surface area contributed by atoms with E-state index in [0.717, 1.165) is 10.9 Å². The zero-order valence-electron chi connectivity index (χ0n) is 17.9. The number of carbonyl (C=O) groups is 1. The Morgan fingerprint density at radius 2 is 1.89 bits per heavy atom. The summed E-state index contributed by atoms with van der Waals surface area (Å²) in [5.74, 6) is -1.80. The number of nitrogens with zero attached hydrogens (tertiary/aromatic N) is 4. The van der Waals surface area contributed by atoms with Crippen LogP contribution < -0.4 is 5.32 Å². The van der Waals surface area contributed by atoms with Crippen molar-refractivity contribution in [3.8, 4) is 5.69 Å². The first kappa shape index (κ1) is 25.0. The Hall–Kier alpha value is -3.12. The van der Waals surface area contributed by atoms with Crippen molar-refractivity contribution in [2.24, 2.45) is 0 Å². The fraction of sp³-hybridized carbons (Fsp3) is 0.364. The number of hydrogen-bond donors (Lipinski definition) is 2. The number of rotatable bonds is 5. The van der Waals surface area contributed by atoms with Gasteiger partial charge in [0.1, 0.15) is 17.7 Å². The van der Waals surface area contributed by atoms with E-state index in [1.54, 1.807) is 0 Å². The number of pyridine rings is 1. The molecule has 0 bridgehead atoms. The monoisotopic (exact) mass is 515 g/mol. The number of amides is 1. The van der Waals surface area contributed by atoms with E-state index in [4.69, 9.17) is 11.6 Å². The molecule has 1 aromatic carbocycles. The molecule has 186 valence electrons. The third kappa shape index (κ3) is 5.13. The van der Waals surface area contributed by atoms with Gasteiger partial charge < -0.3 is 10.4 Å². The molecule has 1 saturated carbocycles. The molecule has 4 rings (SSSR count). The molecule has 1 unspecified atom stereocenters. The van der Waals surface area contributed by atoms with Gasteiger partial charge in [0, 0.05) is 6.20 Å². The van der Waals surface area contributed by atoms with Crippen LogP contribution in [0.5, 0.6) is 0 Å². The summed E-state index contributed by atoms with van der Waals surface area (Å²) < 4.78 is 67.9. The standard InChI is InChI=1S/C22H19ClF5N5O2/c23-17-14(2-1-3-15(17)25)19(21(35)6-4-13(24)5-7-21)32-20(34)18-16(33-30-8-9-31-33)10-12(11-29-18)22(26,27)28/h1-3,8-11,13,19,35H,4-7H2,(H,32,34). The highest BCUT2D eigenvalue weighted by molar-refractivity contribution is 6.31. The first-order valence-corrected chi connectivity index (χ1v) is 10.9. The third-order valence-corrected chi connectivity index (χ3v) is 6.33. The van der Waals surface area contributed by atoms with Crippen molar-refractivity contribution in [1.29, 1.82) is 0 Å². The minimum Gasteiger partial charge on any atom is -0.387 e. The van der Waals surface area contributed by atoms with Gasteiger partial charge in [-0.2, -0.15) is 23.4 Å². The molecule has 0 spiro atoms. The molecule has 2 N–H and O–H groups in total. The molecule has 1 amide bonds. The maximum atomic E-state index is 14.2. The highest BCUT2D eigenvalue weighted by Gasteiger charge is 2.43. The van der Waals surface area contributed by atoms with Crippen molar-refractivity contribution in [3.63, 3.8) is 0 Å². The van der Waals surface area contributed by atoms with Crippen LogP contribution >= 0.6 is 11.6 Å². The fourth-order valence-corrected chi connectivity index (χ4v) is 4.33. The minimum absolute atomic E-state index is 0.00318. The molecular formula is C22H19ClF5N5O2. The maximum absolute atomic E-state index is 14.2. The zero-order valence-corrected chi connectivity index (χ0v) is 18.7. The van der Waals surface area contributed by atoms with Crippen LogP contribution in [-0.2, 0) is 6.18 Å². The van der Waals surface area contributed by atoms with E-state index in [1.165, 1.54) is 24.5 Å². The van der Waals surface area contributed by atoms with Gasteiger partial charge in [-0.25, -0.2) is 13.8 Å². The highest BCUT2D eigenvalue weighted by atomic mass is 35.5. The van der Waals surface area contributed by atoms with Gasteiger partial charge in [-0.1, -0.05) is 23.7 Å². The Bertz CT molecular complexity index is 1210. The molecule has 2 aromatic heterocycles. The molecule has 3 aromatic rings. The molecule has 1 aliphatic rings. The molecular weight excluding hydrogens is 497 g/mol. The molecule has 0 radical (unpaired) electrons. The smallest absolute Gasteiger partial charge is 0.387 e. The summed E-state index contributed by atoms with van der Waals surface area (Å²) in [6.45, 7) is 0. The summed E-state index contributed by atoms with van der Waals surface area (Å²) in [6.07, 6.45) is -3.15. The first-order valence-electron chi connectivity index (χ1n) is 10.5. The molecule has 1 aliphatic carbocycles. The lowest BCUT2D eigenvalue weighted by molar-refractivity contribution is -0.137. The SMILES string of the molecule is O=C(NC(c1cccc(F)c1Cl)C1(O)CCC(F)CC1)c1ncc(C(F)(F)F)cc1-n1nccn1. The summed E-state index contributed by atoms with van der Waals surface area (Å²) in [5.41, 5.74) is -3.65. The number of aliphatic hydroxyl groups is 1. The number of aromatic nitrogens is 4. The van der Waals surface area contributed by atoms with Crippen LogP contribution in [0.4, 0.5) is 22.0 Å². The van der Waals surface area contributed by atoms with Gasteiger partial charge in [0.15, 0.2) is 5.69 Å². The molecule has 1 atom stereocenters. The molecule has 35 heavy (non-hydrogen) atoms. The van der Waals surface area contributed by atoms with Crippen LogP contribution in [0.15, 0.2) is 42.9 Å². The number of halogens is 6. The number of benzene rings is 1. The van der Waals surface area contributed by atoms with Gasteiger partial charge in [-0.3, -0.25) is 4.79 Å². The Morgan fingerprint density at radius 3 is 2.51 bits per heavy atom. The van der Waals surface area contributed by atoms with Crippen molar-refractivity contribution >= 4 is 17.5 Å². The summed E-state index contributed by atoms with van der Waals surface area (Å²) in [6, 6.07) is 3.16. The molecule has 1 fully saturated rings. The van der Waals surface area contributed by atoms with Crippen LogP contribution in [0, 0.1) is 5.82 Å². The van der Waals surface area contributed by atoms with E-state index >= 15 is 0 Å². The van der Waals surface area contributed by atoms with Crippen molar-refractivity contribution in [2.75, 3.05) is 0 Å². The average molecular weight is 516 g/mol. The second kappa shape index (κ2) is 9.50. The van der Waals surface area contributed by atoms with E-state index < -0.39 is 47.0 Å². The second-order valence-electron chi connectivity index (χ2n) is 8.24. The molecule has 13 heteroatoms. The predicted molar refractivity (Wildman–Crippen MR) is 114 cm³/mol. The van der Waals surface area contributed by atoms with Gasteiger partial charge >= 0.3 is 6.18 Å². The Labute approximate surface area is 200 Å². The van der Waals surface area contributed by atoms with Crippen LogP contribution in [0.1, 0.15) is 53.3 Å². The zero-order chi connectivity index (χ0) is 25.4. The lowest BCUT2D eigenvalue weighted by Gasteiger charge is -2.41. The summed E-state index contributed by atoms with van der Waals surface area (Å²) >= 11 is 6.13. The van der Waals surface area contributed by atoms with Gasteiger partial charge in [0.2, 0.25) is 0 Å². The highest BCUT2D eigenvalue weighted by Crippen LogP contribution is 2.42. The Kier molecular flexibility index (Phi) is 6.78. The van der Waals surface area contributed by atoms with Crippen LogP contribution in [0.25, 0.3) is 5.69 Å². The normalized spacial score (nSPS) is 21.5. The second-order valence-corrected chi connectivity index (χ2v) is 8.61. The van der Waals surface area contributed by atoms with Gasteiger partial charge in [0.25, 0.3) is 5.91 Å². The van der Waals surface area contributed by atoms with Crippen molar-refractivity contribution in [3.05, 3.63) is 70.5 Å². The molecule has 2 heterocycles. The van der Waals surface area contributed by atoms with Gasteiger partial charge in [0.05, 0.1) is 34.6 Å². The van der Waals surface area contributed by atoms with Gasteiger partial charge in [-0.15, -0.1) is 4.80 Å². The van der Waals surface area contributed by atoms with Crippen molar-refractivity contribution in [2.45, 2.75) is 49.7 Å². The van der Waals surface area contributed by atoms with Crippen LogP contribution in [0.2, 0.25) is 5.02 Å². The predicted octanol–water partition coefficient (Wildman–Crippen LogP) is 4.59. The number of alkyl halides is 4. The quantitative estimate of drug-likeness (QED) is 0.485. The maximum Gasteiger partial charge on any atom is 0.417 e. The topological polar surface area (TPSA) is 92.9 Å². The molecule has 0 saturated heterocycles. The average Bonchev–Trinajstić information content (AvgIpc) is 3.35. The van der Waals surface area contributed by atoms with E-state index in [9.17, 15) is 31.9 Å². The Morgan fingerprint density at radius 1 is 1.23 bits per heavy atom. The van der Waals surface area contributed by atoms with Crippen molar-refractivity contribution < 1.29 is 31.9 Å². The number of carbonyl (C=O) groups excluding carboxylic acids is 1. The molecule has 7 nitrogen and oxygen atoms in total. The first-order chi connectivity index (χ1) is 16.5. The number of hydrogen-bond acceptors (Lipinski definition) is 5. The van der Waals surface area contributed by atoms with Crippen molar-refractivity contribution in [1.82, 2.24) is 25.3 Å². The van der Waals surface area contributed by atoms with Crippen LogP contribution in [-0.4, -0.2) is 42.8 Å². The van der Waals surface area contributed by atoms with E-state index in [-0.39, 0.29) is 42.0 Å². The fourth-order valence-electron chi connectivity index (χ4n) is 4.09. The third-order valence-electron chi connectivity index (χ3n) is 5.93. The lowest BCUT2D eigenvalue weighted by atomic mass is 9.76. The number of nitrogens with one attached hydrogen (secondary N) is 1. The minimum atomic E-state index is -4.75. The lowest BCUT2D eigenvalue weighted by Crippen LogP contribution is -2.49. The molecule has 0 aliphatic heterocycles. The van der Waals surface area contributed by atoms with Crippen LogP contribution in [0.3, 0.4) is 0 Å². The van der Waals surface area contributed by atoms with Gasteiger partial charge in [-0.05, 0) is 43.4 Å². The van der Waals surface area contributed by atoms with E-state index in [2.05, 4.69) is 20.5 Å². The largest absolute Gasteiger partial charge is 0.417 e.